The molecule has 0 saturated heterocycles. The molecule has 0 spiro atoms. The molecular weight excluding hydrogens is 322 g/mol. The van der Waals surface area contributed by atoms with Crippen molar-refractivity contribution >= 4 is 27.3 Å². The van der Waals surface area contributed by atoms with Gasteiger partial charge >= 0.3 is 0 Å². The van der Waals surface area contributed by atoms with E-state index in [1.807, 2.05) is 19.1 Å². The maximum atomic E-state index is 6.04. The van der Waals surface area contributed by atoms with Crippen LogP contribution in [0.15, 0.2) is 46.3 Å². The molecule has 0 radical (unpaired) electrons. The van der Waals surface area contributed by atoms with Crippen LogP contribution in [0.4, 0.5) is 0 Å². The van der Waals surface area contributed by atoms with Gasteiger partial charge in [-0.2, -0.15) is 0 Å². The molecule has 2 aromatic rings. The number of rotatable bonds is 6. The maximum Gasteiger partial charge on any atom is 0.0973 e. The van der Waals surface area contributed by atoms with Crippen molar-refractivity contribution in [2.24, 2.45) is 5.73 Å². The summed E-state index contributed by atoms with van der Waals surface area (Å²) in [5.74, 6) is 0. The van der Waals surface area contributed by atoms with Gasteiger partial charge < -0.3 is 10.5 Å². The molecule has 1 heterocycles. The summed E-state index contributed by atoms with van der Waals surface area (Å²) in [5.41, 5.74) is 7.16. The van der Waals surface area contributed by atoms with Crippen LogP contribution >= 0.6 is 27.3 Å². The minimum Gasteiger partial charge on any atom is -0.372 e. The summed E-state index contributed by atoms with van der Waals surface area (Å²) in [7, 11) is 0. The van der Waals surface area contributed by atoms with Gasteiger partial charge in [0.1, 0.15) is 0 Å². The molecule has 0 aliphatic carbocycles. The van der Waals surface area contributed by atoms with Crippen LogP contribution in [0.3, 0.4) is 0 Å². The SMILES string of the molecule is CC(N)C(OCCc1cccs1)c1cccc(Br)c1. The van der Waals surface area contributed by atoms with E-state index >= 15 is 0 Å². The molecule has 1 aromatic carbocycles. The molecule has 0 fully saturated rings. The third kappa shape index (κ3) is 4.42. The van der Waals surface area contributed by atoms with Gasteiger partial charge in [0, 0.05) is 21.8 Å². The van der Waals surface area contributed by atoms with Crippen LogP contribution in [0, 0.1) is 0 Å². The van der Waals surface area contributed by atoms with Crippen molar-refractivity contribution in [2.75, 3.05) is 6.61 Å². The largest absolute Gasteiger partial charge is 0.372 e. The Morgan fingerprint density at radius 1 is 1.32 bits per heavy atom. The zero-order valence-corrected chi connectivity index (χ0v) is 13.3. The fraction of sp³-hybridized carbons (Fsp3) is 0.333. The highest BCUT2D eigenvalue weighted by Crippen LogP contribution is 2.24. The second-order valence-corrected chi connectivity index (χ2v) is 6.48. The molecule has 102 valence electrons. The molecule has 2 N–H and O–H groups in total. The van der Waals surface area contributed by atoms with Crippen LogP contribution in [-0.4, -0.2) is 12.6 Å². The fourth-order valence-corrected chi connectivity index (χ4v) is 3.08. The second kappa shape index (κ2) is 7.20. The number of thiophene rings is 1. The van der Waals surface area contributed by atoms with Gasteiger partial charge in [0.05, 0.1) is 12.7 Å². The number of ether oxygens (including phenoxy) is 1. The molecule has 4 heteroatoms. The number of benzene rings is 1. The quantitative estimate of drug-likeness (QED) is 0.857. The smallest absolute Gasteiger partial charge is 0.0973 e. The van der Waals surface area contributed by atoms with Crippen LogP contribution in [0.25, 0.3) is 0 Å². The molecule has 19 heavy (non-hydrogen) atoms. The van der Waals surface area contributed by atoms with Gasteiger partial charge in [-0.15, -0.1) is 11.3 Å². The van der Waals surface area contributed by atoms with Crippen molar-refractivity contribution in [1.82, 2.24) is 0 Å². The predicted octanol–water partition coefficient (Wildman–Crippen LogP) is 4.16. The predicted molar refractivity (Wildman–Crippen MR) is 84.5 cm³/mol. The Morgan fingerprint density at radius 3 is 2.79 bits per heavy atom. The molecule has 2 unspecified atom stereocenters. The highest BCUT2D eigenvalue weighted by Gasteiger charge is 2.17. The van der Waals surface area contributed by atoms with Crippen LogP contribution in [0.2, 0.25) is 0 Å². The van der Waals surface area contributed by atoms with Crippen molar-refractivity contribution in [3.8, 4) is 0 Å². The van der Waals surface area contributed by atoms with Crippen molar-refractivity contribution in [2.45, 2.75) is 25.5 Å². The number of nitrogens with two attached hydrogens (primary N) is 1. The van der Waals surface area contributed by atoms with Gasteiger partial charge in [-0.25, -0.2) is 0 Å². The van der Waals surface area contributed by atoms with Crippen LogP contribution in [0.5, 0.6) is 0 Å². The number of halogens is 1. The lowest BCUT2D eigenvalue weighted by atomic mass is 10.0. The first-order valence-electron chi connectivity index (χ1n) is 6.32. The van der Waals surface area contributed by atoms with Crippen LogP contribution in [0.1, 0.15) is 23.5 Å². The van der Waals surface area contributed by atoms with Gasteiger partial charge in [-0.1, -0.05) is 34.1 Å². The van der Waals surface area contributed by atoms with Gasteiger partial charge in [0.15, 0.2) is 0 Å². The highest BCUT2D eigenvalue weighted by atomic mass is 79.9. The minimum atomic E-state index is -0.0579. The summed E-state index contributed by atoms with van der Waals surface area (Å²) in [5, 5.41) is 2.09. The zero-order valence-electron chi connectivity index (χ0n) is 10.9. The molecule has 2 rings (SSSR count). The Labute approximate surface area is 126 Å². The normalized spacial score (nSPS) is 14.3. The highest BCUT2D eigenvalue weighted by molar-refractivity contribution is 9.10. The Balaban J connectivity index is 1.96. The second-order valence-electron chi connectivity index (χ2n) is 4.53. The summed E-state index contributed by atoms with van der Waals surface area (Å²) in [6.07, 6.45) is 0.881. The van der Waals surface area contributed by atoms with E-state index in [1.165, 1.54) is 4.88 Å². The standard InChI is InChI=1S/C15H18BrNOS/c1-11(17)15(12-4-2-5-13(16)10-12)18-8-7-14-6-3-9-19-14/h2-6,9-11,15H,7-8,17H2,1H3. The van der Waals surface area contributed by atoms with Crippen LogP contribution in [-0.2, 0) is 11.2 Å². The van der Waals surface area contributed by atoms with Crippen molar-refractivity contribution in [3.63, 3.8) is 0 Å². The fourth-order valence-electron chi connectivity index (χ4n) is 1.98. The average Bonchev–Trinajstić information content (AvgIpc) is 2.87. The minimum absolute atomic E-state index is 0.0300. The molecule has 0 amide bonds. The Bertz CT molecular complexity index is 499. The van der Waals surface area contributed by atoms with Crippen molar-refractivity contribution in [1.29, 1.82) is 0 Å². The Hall–Kier alpha value is -0.680. The first-order chi connectivity index (χ1) is 9.16. The van der Waals surface area contributed by atoms with E-state index in [0.29, 0.717) is 6.61 Å². The lowest BCUT2D eigenvalue weighted by Crippen LogP contribution is -2.27. The van der Waals surface area contributed by atoms with E-state index < -0.39 is 0 Å². The van der Waals surface area contributed by atoms with E-state index in [-0.39, 0.29) is 12.1 Å². The zero-order chi connectivity index (χ0) is 13.7. The Kier molecular flexibility index (Phi) is 5.58. The summed E-state index contributed by atoms with van der Waals surface area (Å²) in [6.45, 7) is 2.68. The van der Waals surface area contributed by atoms with E-state index in [4.69, 9.17) is 10.5 Å². The number of hydrogen-bond donors (Lipinski definition) is 1. The molecule has 1 aromatic heterocycles. The molecular formula is C15H18BrNOS. The van der Waals surface area contributed by atoms with E-state index in [9.17, 15) is 0 Å². The van der Waals surface area contributed by atoms with Gasteiger partial charge in [0.2, 0.25) is 0 Å². The molecule has 0 aliphatic rings. The maximum absolute atomic E-state index is 6.04. The van der Waals surface area contributed by atoms with Crippen LogP contribution < -0.4 is 5.73 Å². The average molecular weight is 340 g/mol. The van der Waals surface area contributed by atoms with E-state index in [1.54, 1.807) is 11.3 Å². The topological polar surface area (TPSA) is 35.2 Å². The summed E-state index contributed by atoms with van der Waals surface area (Å²) < 4.78 is 7.03. The van der Waals surface area contributed by atoms with Gasteiger partial charge in [-0.05, 0) is 36.1 Å². The third-order valence-corrected chi connectivity index (χ3v) is 4.31. The molecule has 0 saturated carbocycles. The van der Waals surface area contributed by atoms with E-state index in [0.717, 1.165) is 16.5 Å². The summed E-state index contributed by atoms with van der Waals surface area (Å²) in [6, 6.07) is 12.3. The third-order valence-electron chi connectivity index (χ3n) is 2.88. The molecule has 2 atom stereocenters. The lowest BCUT2D eigenvalue weighted by molar-refractivity contribution is 0.0406. The number of hydrogen-bond acceptors (Lipinski definition) is 3. The molecule has 0 bridgehead atoms. The lowest BCUT2D eigenvalue weighted by Gasteiger charge is -2.22. The first kappa shape index (κ1) is 14.7. The van der Waals surface area contributed by atoms with Gasteiger partial charge in [0.25, 0.3) is 0 Å². The van der Waals surface area contributed by atoms with Crippen molar-refractivity contribution in [3.05, 3.63) is 56.7 Å². The molecule has 2 nitrogen and oxygen atoms in total. The monoisotopic (exact) mass is 339 g/mol. The first-order valence-corrected chi connectivity index (χ1v) is 7.99. The van der Waals surface area contributed by atoms with Crippen molar-refractivity contribution < 1.29 is 4.74 Å². The molecule has 0 aliphatic heterocycles. The summed E-state index contributed by atoms with van der Waals surface area (Å²) in [4.78, 5) is 1.35. The Morgan fingerprint density at radius 2 is 2.16 bits per heavy atom. The van der Waals surface area contributed by atoms with E-state index in [2.05, 4.69) is 45.6 Å². The van der Waals surface area contributed by atoms with Gasteiger partial charge in [-0.3, -0.25) is 0 Å². The summed E-state index contributed by atoms with van der Waals surface area (Å²) >= 11 is 5.25.